The number of hydrogen-bond acceptors (Lipinski definition) is 3. The standard InChI is InChI=1S/C10H15N3O3/c1-10(2,9(15)16)6-11-8(14)5-7-3-4-12-13-7/h3-4H,5-6H2,1-2H3,(H,11,14)(H,12,13)(H,15,16). The summed E-state index contributed by atoms with van der Waals surface area (Å²) in [6, 6.07) is 1.70. The van der Waals surface area contributed by atoms with E-state index in [0.717, 1.165) is 0 Å². The molecule has 1 aromatic rings. The number of rotatable bonds is 5. The second-order valence-electron chi connectivity index (χ2n) is 4.22. The molecule has 0 bridgehead atoms. The molecule has 0 atom stereocenters. The fraction of sp³-hybridized carbons (Fsp3) is 0.500. The van der Waals surface area contributed by atoms with Crippen LogP contribution in [0.1, 0.15) is 19.5 Å². The minimum Gasteiger partial charge on any atom is -0.481 e. The zero-order valence-electron chi connectivity index (χ0n) is 9.28. The van der Waals surface area contributed by atoms with Gasteiger partial charge in [-0.25, -0.2) is 0 Å². The number of nitrogens with zero attached hydrogens (tertiary/aromatic N) is 1. The average molecular weight is 225 g/mol. The van der Waals surface area contributed by atoms with Crippen molar-refractivity contribution in [2.24, 2.45) is 5.41 Å². The van der Waals surface area contributed by atoms with E-state index in [0.29, 0.717) is 5.69 Å². The highest BCUT2D eigenvalue weighted by Crippen LogP contribution is 2.12. The van der Waals surface area contributed by atoms with Gasteiger partial charge in [-0.05, 0) is 19.9 Å². The zero-order valence-corrected chi connectivity index (χ0v) is 9.28. The van der Waals surface area contributed by atoms with Gasteiger partial charge in [-0.15, -0.1) is 0 Å². The van der Waals surface area contributed by atoms with E-state index in [4.69, 9.17) is 5.11 Å². The summed E-state index contributed by atoms with van der Waals surface area (Å²) in [4.78, 5) is 22.2. The summed E-state index contributed by atoms with van der Waals surface area (Å²) in [5.74, 6) is -1.16. The fourth-order valence-electron chi connectivity index (χ4n) is 1.01. The van der Waals surface area contributed by atoms with Gasteiger partial charge in [0.15, 0.2) is 0 Å². The van der Waals surface area contributed by atoms with Gasteiger partial charge in [-0.3, -0.25) is 14.7 Å². The SMILES string of the molecule is CC(C)(CNC(=O)Cc1ccn[nH]1)C(=O)O. The summed E-state index contributed by atoms with van der Waals surface area (Å²) in [5.41, 5.74) is -0.255. The Kier molecular flexibility index (Phi) is 3.65. The van der Waals surface area contributed by atoms with Crippen LogP contribution < -0.4 is 5.32 Å². The summed E-state index contributed by atoms with van der Waals surface area (Å²) in [5, 5.41) is 17.8. The first-order valence-corrected chi connectivity index (χ1v) is 4.90. The summed E-state index contributed by atoms with van der Waals surface area (Å²) in [6.45, 7) is 3.23. The van der Waals surface area contributed by atoms with Crippen molar-refractivity contribution in [3.63, 3.8) is 0 Å². The Bertz CT molecular complexity index is 371. The normalized spacial score (nSPS) is 11.1. The van der Waals surface area contributed by atoms with E-state index >= 15 is 0 Å². The Balaban J connectivity index is 2.39. The molecule has 6 heteroatoms. The highest BCUT2D eigenvalue weighted by atomic mass is 16.4. The summed E-state index contributed by atoms with van der Waals surface area (Å²) in [6.07, 6.45) is 1.74. The maximum absolute atomic E-state index is 11.4. The van der Waals surface area contributed by atoms with Crippen LogP contribution in [-0.2, 0) is 16.0 Å². The van der Waals surface area contributed by atoms with Gasteiger partial charge in [-0.1, -0.05) is 0 Å². The summed E-state index contributed by atoms with van der Waals surface area (Å²) >= 11 is 0. The van der Waals surface area contributed by atoms with Gasteiger partial charge >= 0.3 is 5.97 Å². The third-order valence-corrected chi connectivity index (χ3v) is 2.22. The Hall–Kier alpha value is -1.85. The number of hydrogen-bond donors (Lipinski definition) is 3. The largest absolute Gasteiger partial charge is 0.481 e. The van der Waals surface area contributed by atoms with Crippen LogP contribution in [0.2, 0.25) is 0 Å². The minimum absolute atomic E-state index is 0.106. The quantitative estimate of drug-likeness (QED) is 0.666. The number of carbonyl (C=O) groups excluding carboxylic acids is 1. The molecule has 1 heterocycles. The lowest BCUT2D eigenvalue weighted by Crippen LogP contribution is -2.39. The van der Waals surface area contributed by atoms with Crippen molar-refractivity contribution in [1.82, 2.24) is 15.5 Å². The number of H-pyrrole nitrogens is 1. The van der Waals surface area contributed by atoms with Crippen LogP contribution in [0.4, 0.5) is 0 Å². The van der Waals surface area contributed by atoms with E-state index in [1.165, 1.54) is 0 Å². The number of aromatic nitrogens is 2. The highest BCUT2D eigenvalue weighted by Gasteiger charge is 2.27. The van der Waals surface area contributed by atoms with E-state index in [1.807, 2.05) is 0 Å². The molecule has 0 radical (unpaired) electrons. The number of nitrogens with one attached hydrogen (secondary N) is 2. The number of carboxylic acids is 1. The molecule has 0 unspecified atom stereocenters. The second kappa shape index (κ2) is 4.78. The summed E-state index contributed by atoms with van der Waals surface area (Å²) in [7, 11) is 0. The van der Waals surface area contributed by atoms with Crippen LogP contribution in [0.5, 0.6) is 0 Å². The van der Waals surface area contributed by atoms with Gasteiger partial charge in [0.25, 0.3) is 0 Å². The number of carbonyl (C=O) groups is 2. The first-order valence-electron chi connectivity index (χ1n) is 4.90. The maximum Gasteiger partial charge on any atom is 0.310 e. The van der Waals surface area contributed by atoms with Crippen molar-refractivity contribution in [3.8, 4) is 0 Å². The van der Waals surface area contributed by atoms with Crippen LogP contribution in [0.25, 0.3) is 0 Å². The molecule has 0 fully saturated rings. The molecule has 88 valence electrons. The van der Waals surface area contributed by atoms with Gasteiger partial charge in [0.2, 0.25) is 5.91 Å². The molecule has 1 rings (SSSR count). The van der Waals surface area contributed by atoms with Crippen LogP contribution in [0.15, 0.2) is 12.3 Å². The minimum atomic E-state index is -0.955. The smallest absolute Gasteiger partial charge is 0.310 e. The van der Waals surface area contributed by atoms with Gasteiger partial charge in [-0.2, -0.15) is 5.10 Å². The van der Waals surface area contributed by atoms with Gasteiger partial charge < -0.3 is 10.4 Å². The second-order valence-corrected chi connectivity index (χ2v) is 4.22. The molecule has 0 saturated heterocycles. The predicted molar refractivity (Wildman–Crippen MR) is 56.7 cm³/mol. The van der Waals surface area contributed by atoms with E-state index in [1.54, 1.807) is 26.1 Å². The molecule has 1 aromatic heterocycles. The van der Waals surface area contributed by atoms with Gasteiger partial charge in [0.1, 0.15) is 0 Å². The van der Waals surface area contributed by atoms with Crippen LogP contribution in [0, 0.1) is 5.41 Å². The summed E-state index contributed by atoms with van der Waals surface area (Å²) < 4.78 is 0. The zero-order chi connectivity index (χ0) is 12.2. The van der Waals surface area contributed by atoms with Crippen molar-refractivity contribution in [1.29, 1.82) is 0 Å². The van der Waals surface area contributed by atoms with Gasteiger partial charge in [0, 0.05) is 18.4 Å². The van der Waals surface area contributed by atoms with Crippen LogP contribution in [0.3, 0.4) is 0 Å². The first-order chi connectivity index (χ1) is 7.42. The van der Waals surface area contributed by atoms with Crippen molar-refractivity contribution in [2.45, 2.75) is 20.3 Å². The van der Waals surface area contributed by atoms with Crippen molar-refractivity contribution >= 4 is 11.9 Å². The molecule has 6 nitrogen and oxygen atoms in total. The molecule has 0 aromatic carbocycles. The van der Waals surface area contributed by atoms with E-state index in [-0.39, 0.29) is 18.9 Å². The van der Waals surface area contributed by atoms with E-state index < -0.39 is 11.4 Å². The Morgan fingerprint density at radius 1 is 1.56 bits per heavy atom. The number of aromatic amines is 1. The van der Waals surface area contributed by atoms with Gasteiger partial charge in [0.05, 0.1) is 11.8 Å². The number of carboxylic acid groups (broad SMARTS) is 1. The Morgan fingerprint density at radius 3 is 2.75 bits per heavy atom. The Morgan fingerprint density at radius 2 is 2.25 bits per heavy atom. The third-order valence-electron chi connectivity index (χ3n) is 2.22. The lowest BCUT2D eigenvalue weighted by Gasteiger charge is -2.19. The first kappa shape index (κ1) is 12.2. The highest BCUT2D eigenvalue weighted by molar-refractivity contribution is 5.80. The molecule has 0 aliphatic rings. The Labute approximate surface area is 93.1 Å². The monoisotopic (exact) mass is 225 g/mol. The van der Waals surface area contributed by atoms with Crippen LogP contribution >= 0.6 is 0 Å². The molecular formula is C10H15N3O3. The van der Waals surface area contributed by atoms with Crippen molar-refractivity contribution in [3.05, 3.63) is 18.0 Å². The predicted octanol–water partition coefficient (Wildman–Crippen LogP) is 0.179. The lowest BCUT2D eigenvalue weighted by molar-refractivity contribution is -0.146. The fourth-order valence-corrected chi connectivity index (χ4v) is 1.01. The van der Waals surface area contributed by atoms with Crippen molar-refractivity contribution in [2.75, 3.05) is 6.54 Å². The van der Waals surface area contributed by atoms with Crippen LogP contribution in [-0.4, -0.2) is 33.7 Å². The molecule has 16 heavy (non-hydrogen) atoms. The molecule has 1 amide bonds. The lowest BCUT2D eigenvalue weighted by atomic mass is 9.94. The van der Waals surface area contributed by atoms with E-state index in [2.05, 4.69) is 15.5 Å². The maximum atomic E-state index is 11.4. The molecular weight excluding hydrogens is 210 g/mol. The molecule has 3 N–H and O–H groups in total. The molecule has 0 aliphatic carbocycles. The number of aliphatic carboxylic acids is 1. The topological polar surface area (TPSA) is 95.1 Å². The molecule has 0 spiro atoms. The number of amides is 1. The molecule has 0 saturated carbocycles. The van der Waals surface area contributed by atoms with E-state index in [9.17, 15) is 9.59 Å². The van der Waals surface area contributed by atoms with Crippen molar-refractivity contribution < 1.29 is 14.7 Å². The average Bonchev–Trinajstić information content (AvgIpc) is 2.67. The molecule has 0 aliphatic heterocycles. The third kappa shape index (κ3) is 3.38.